The van der Waals surface area contributed by atoms with Crippen LogP contribution in [0.25, 0.3) is 0 Å². The summed E-state index contributed by atoms with van der Waals surface area (Å²) in [4.78, 5) is 38.8. The Morgan fingerprint density at radius 2 is 1.90 bits per heavy atom. The van der Waals surface area contributed by atoms with Crippen LogP contribution in [0, 0.1) is 12.8 Å². The van der Waals surface area contributed by atoms with Crippen LogP contribution in [0.5, 0.6) is 0 Å². The van der Waals surface area contributed by atoms with Crippen molar-refractivity contribution in [1.29, 1.82) is 0 Å². The molecule has 3 rings (SSSR count). The second-order valence-electron chi connectivity index (χ2n) is 8.34. The van der Waals surface area contributed by atoms with Gasteiger partial charge in [0.2, 0.25) is 15.9 Å². The number of imide groups is 1. The van der Waals surface area contributed by atoms with Gasteiger partial charge in [-0.25, -0.2) is 13.2 Å². The molecule has 3 N–H and O–H groups in total. The average Bonchev–Trinajstić information content (AvgIpc) is 2.94. The predicted molar refractivity (Wildman–Crippen MR) is 118 cm³/mol. The number of hydrogen-bond acceptors (Lipinski definition) is 5. The molecule has 0 atom stereocenters. The second-order valence-corrected chi connectivity index (χ2v) is 10.3. The van der Waals surface area contributed by atoms with E-state index < -0.39 is 27.5 Å². The normalized spacial score (nSPS) is 23.7. The lowest BCUT2D eigenvalue weighted by Crippen LogP contribution is -2.49. The maximum atomic E-state index is 12.9. The first-order chi connectivity index (χ1) is 14.6. The summed E-state index contributed by atoms with van der Waals surface area (Å²) in [5.41, 5.74) is 0.639. The summed E-state index contributed by atoms with van der Waals surface area (Å²) in [5.74, 6) is -0.301. The highest BCUT2D eigenvalue weighted by Gasteiger charge is 2.52. The molecule has 1 aromatic carbocycles. The zero-order valence-corrected chi connectivity index (χ0v) is 19.0. The number of carbonyl (C=O) groups excluding carboxylic acids is 3. The van der Waals surface area contributed by atoms with Gasteiger partial charge < -0.3 is 10.6 Å². The van der Waals surface area contributed by atoms with Crippen LogP contribution in [-0.4, -0.2) is 49.0 Å². The molecule has 2 aliphatic rings. The molecule has 0 unspecified atom stereocenters. The third kappa shape index (κ3) is 5.00. The van der Waals surface area contributed by atoms with Gasteiger partial charge in [0.25, 0.3) is 5.91 Å². The van der Waals surface area contributed by atoms with Crippen LogP contribution in [0.4, 0.5) is 16.2 Å². The van der Waals surface area contributed by atoms with Crippen molar-refractivity contribution in [3.05, 3.63) is 23.8 Å². The third-order valence-corrected chi connectivity index (χ3v) is 7.53. The monoisotopic (exact) mass is 450 g/mol. The minimum atomic E-state index is -3.40. The van der Waals surface area contributed by atoms with E-state index in [-0.39, 0.29) is 18.2 Å². The molecule has 0 aromatic heterocycles. The van der Waals surface area contributed by atoms with E-state index in [1.165, 1.54) is 0 Å². The largest absolute Gasteiger partial charge is 0.325 e. The Labute approximate surface area is 183 Å². The standard InChI is InChI=1S/C21H30N4O5S/c1-4-15-8-10-21(11-9-15)19(27)25(20(28)23-21)13-18(26)22-16-6-7-17(14(3)12-16)24-31(29,30)5-2/h6-7,12,15,24H,4-5,8-11,13H2,1-3H3,(H,22,26)(H,23,28). The molecule has 9 nitrogen and oxygen atoms in total. The molecule has 170 valence electrons. The smallest absolute Gasteiger partial charge is 0.325 e. The lowest BCUT2D eigenvalue weighted by atomic mass is 9.75. The summed E-state index contributed by atoms with van der Waals surface area (Å²) < 4.78 is 26.0. The molecular formula is C21H30N4O5S. The molecule has 31 heavy (non-hydrogen) atoms. The summed E-state index contributed by atoms with van der Waals surface area (Å²) in [5, 5.41) is 5.49. The third-order valence-electron chi connectivity index (χ3n) is 6.24. The number of sulfonamides is 1. The number of urea groups is 1. The van der Waals surface area contributed by atoms with Crippen molar-refractivity contribution >= 4 is 39.2 Å². The highest BCUT2D eigenvalue weighted by molar-refractivity contribution is 7.92. The Morgan fingerprint density at radius 1 is 1.23 bits per heavy atom. The van der Waals surface area contributed by atoms with Gasteiger partial charge in [0.1, 0.15) is 12.1 Å². The highest BCUT2D eigenvalue weighted by atomic mass is 32.2. The van der Waals surface area contributed by atoms with E-state index in [0.717, 1.165) is 24.2 Å². The molecule has 1 heterocycles. The van der Waals surface area contributed by atoms with Crippen LogP contribution in [0.15, 0.2) is 18.2 Å². The van der Waals surface area contributed by atoms with Gasteiger partial charge in [0.05, 0.1) is 11.4 Å². The SMILES string of the molecule is CCC1CCC2(CC1)NC(=O)N(CC(=O)Nc1ccc(NS(=O)(=O)CC)c(C)c1)C2=O. The van der Waals surface area contributed by atoms with Crippen molar-refractivity contribution in [2.75, 3.05) is 22.3 Å². The second kappa shape index (κ2) is 8.86. The van der Waals surface area contributed by atoms with Gasteiger partial charge in [-0.1, -0.05) is 13.3 Å². The topological polar surface area (TPSA) is 125 Å². The zero-order chi connectivity index (χ0) is 22.8. The minimum Gasteiger partial charge on any atom is -0.325 e. The van der Waals surface area contributed by atoms with E-state index in [2.05, 4.69) is 22.3 Å². The molecule has 1 spiro atoms. The van der Waals surface area contributed by atoms with Crippen LogP contribution in [0.3, 0.4) is 0 Å². The molecule has 0 bridgehead atoms. The fourth-order valence-corrected chi connectivity index (χ4v) is 4.89. The minimum absolute atomic E-state index is 0.0442. The Balaban J connectivity index is 1.62. The fraction of sp³-hybridized carbons (Fsp3) is 0.571. The molecule has 1 aromatic rings. The maximum absolute atomic E-state index is 12.9. The van der Waals surface area contributed by atoms with Gasteiger partial charge in [-0.3, -0.25) is 19.2 Å². The van der Waals surface area contributed by atoms with Gasteiger partial charge in [0.15, 0.2) is 0 Å². The Kier molecular flexibility index (Phi) is 6.59. The van der Waals surface area contributed by atoms with E-state index >= 15 is 0 Å². The number of hydrogen-bond donors (Lipinski definition) is 3. The number of rotatable bonds is 7. The summed E-state index contributed by atoms with van der Waals surface area (Å²) in [7, 11) is -3.40. The number of nitrogens with zero attached hydrogens (tertiary/aromatic N) is 1. The lowest BCUT2D eigenvalue weighted by Gasteiger charge is -2.34. The first kappa shape index (κ1) is 23.1. The van der Waals surface area contributed by atoms with Crippen LogP contribution < -0.4 is 15.4 Å². The van der Waals surface area contributed by atoms with Gasteiger partial charge in [-0.15, -0.1) is 0 Å². The molecule has 10 heteroatoms. The number of amides is 4. The lowest BCUT2D eigenvalue weighted by molar-refractivity contribution is -0.135. The van der Waals surface area contributed by atoms with E-state index in [1.54, 1.807) is 32.0 Å². The predicted octanol–water partition coefficient (Wildman–Crippen LogP) is 2.59. The van der Waals surface area contributed by atoms with Crippen LogP contribution in [-0.2, 0) is 19.6 Å². The molecule has 1 aliphatic heterocycles. The Bertz CT molecular complexity index is 983. The van der Waals surface area contributed by atoms with Crippen LogP contribution in [0.1, 0.15) is 51.5 Å². The fourth-order valence-electron chi connectivity index (χ4n) is 4.18. The first-order valence-electron chi connectivity index (χ1n) is 10.6. The van der Waals surface area contributed by atoms with Crippen LogP contribution >= 0.6 is 0 Å². The van der Waals surface area contributed by atoms with E-state index in [4.69, 9.17) is 0 Å². The number of aryl methyl sites for hydroxylation is 1. The van der Waals surface area contributed by atoms with Crippen molar-refractivity contribution in [2.45, 2.75) is 58.4 Å². The van der Waals surface area contributed by atoms with Crippen molar-refractivity contribution < 1.29 is 22.8 Å². The van der Waals surface area contributed by atoms with E-state index in [1.807, 2.05) is 0 Å². The van der Waals surface area contributed by atoms with E-state index in [9.17, 15) is 22.8 Å². The summed E-state index contributed by atoms with van der Waals surface area (Å²) >= 11 is 0. The number of anilines is 2. The van der Waals surface area contributed by atoms with Crippen molar-refractivity contribution in [3.63, 3.8) is 0 Å². The highest BCUT2D eigenvalue weighted by Crippen LogP contribution is 2.37. The first-order valence-corrected chi connectivity index (χ1v) is 12.3. The summed E-state index contributed by atoms with van der Waals surface area (Å²) in [6.45, 7) is 5.02. The van der Waals surface area contributed by atoms with Gasteiger partial charge in [-0.05, 0) is 69.2 Å². The summed E-state index contributed by atoms with van der Waals surface area (Å²) in [6.07, 6.45) is 4.03. The van der Waals surface area contributed by atoms with Crippen molar-refractivity contribution in [2.24, 2.45) is 5.92 Å². The molecule has 1 saturated heterocycles. The number of benzene rings is 1. The average molecular weight is 451 g/mol. The van der Waals surface area contributed by atoms with E-state index in [0.29, 0.717) is 35.7 Å². The van der Waals surface area contributed by atoms with Gasteiger partial charge in [0, 0.05) is 5.69 Å². The molecule has 4 amide bonds. The van der Waals surface area contributed by atoms with Crippen LogP contribution in [0.2, 0.25) is 0 Å². The maximum Gasteiger partial charge on any atom is 0.325 e. The molecular weight excluding hydrogens is 420 g/mol. The quantitative estimate of drug-likeness (QED) is 0.551. The van der Waals surface area contributed by atoms with Crippen molar-refractivity contribution in [1.82, 2.24) is 10.2 Å². The zero-order valence-electron chi connectivity index (χ0n) is 18.2. The molecule has 1 aliphatic carbocycles. The number of carbonyl (C=O) groups is 3. The number of nitrogens with one attached hydrogen (secondary N) is 3. The van der Waals surface area contributed by atoms with Crippen molar-refractivity contribution in [3.8, 4) is 0 Å². The summed E-state index contributed by atoms with van der Waals surface area (Å²) in [6, 6.07) is 4.23. The van der Waals surface area contributed by atoms with Gasteiger partial charge >= 0.3 is 6.03 Å². The molecule has 2 fully saturated rings. The van der Waals surface area contributed by atoms with Gasteiger partial charge in [-0.2, -0.15) is 0 Å². The molecule has 1 saturated carbocycles. The Hall–Kier alpha value is -2.62. The molecule has 0 radical (unpaired) electrons. The Morgan fingerprint density at radius 3 is 2.48 bits per heavy atom.